The SMILES string of the molecule is CC(C)Sc1c(OCC(C)(C)NS(=O)(=O)CCN)noc1C(=O)NC1C2CC3CC(C2)CC1C3. The van der Waals surface area contributed by atoms with E-state index in [0.29, 0.717) is 16.7 Å². The molecule has 9 nitrogen and oxygen atoms in total. The van der Waals surface area contributed by atoms with Crippen molar-refractivity contribution in [2.75, 3.05) is 18.9 Å². The lowest BCUT2D eigenvalue weighted by molar-refractivity contribution is -0.0124. The minimum atomic E-state index is -3.52. The zero-order chi connectivity index (χ0) is 24.7. The fraction of sp³-hybridized carbons (Fsp3) is 0.826. The molecule has 0 aromatic carbocycles. The number of thioether (sulfide) groups is 1. The lowest BCUT2D eigenvalue weighted by atomic mass is 9.54. The van der Waals surface area contributed by atoms with Gasteiger partial charge in [0.2, 0.25) is 15.8 Å². The number of nitrogens with zero attached hydrogens (tertiary/aromatic N) is 1. The van der Waals surface area contributed by atoms with Crippen LogP contribution in [-0.2, 0) is 10.0 Å². The lowest BCUT2D eigenvalue weighted by Gasteiger charge is -2.54. The number of hydrogen-bond donors (Lipinski definition) is 3. The van der Waals surface area contributed by atoms with Crippen LogP contribution in [0.3, 0.4) is 0 Å². The van der Waals surface area contributed by atoms with E-state index in [0.717, 1.165) is 11.8 Å². The number of carbonyl (C=O) groups is 1. The van der Waals surface area contributed by atoms with E-state index in [-0.39, 0.29) is 47.7 Å². The van der Waals surface area contributed by atoms with E-state index >= 15 is 0 Å². The maximum atomic E-state index is 13.3. The second-order valence-corrected chi connectivity index (χ2v) is 14.6. The summed E-state index contributed by atoms with van der Waals surface area (Å²) in [6.45, 7) is 7.53. The molecule has 1 aromatic rings. The van der Waals surface area contributed by atoms with Gasteiger partial charge in [0, 0.05) is 17.8 Å². The van der Waals surface area contributed by atoms with Crippen molar-refractivity contribution < 1.29 is 22.5 Å². The summed E-state index contributed by atoms with van der Waals surface area (Å²) >= 11 is 1.45. The molecule has 4 saturated carbocycles. The third kappa shape index (κ3) is 5.91. The van der Waals surface area contributed by atoms with Gasteiger partial charge in [0.1, 0.15) is 11.5 Å². The lowest BCUT2D eigenvalue weighted by Crippen LogP contribution is -2.55. The van der Waals surface area contributed by atoms with Crippen LogP contribution in [-0.4, -0.2) is 55.2 Å². The third-order valence-electron chi connectivity index (χ3n) is 7.09. The largest absolute Gasteiger partial charge is 0.473 e. The van der Waals surface area contributed by atoms with E-state index in [9.17, 15) is 13.2 Å². The molecule has 34 heavy (non-hydrogen) atoms. The predicted molar refractivity (Wildman–Crippen MR) is 131 cm³/mol. The van der Waals surface area contributed by atoms with Gasteiger partial charge in [-0.15, -0.1) is 11.8 Å². The van der Waals surface area contributed by atoms with Crippen molar-refractivity contribution in [1.29, 1.82) is 0 Å². The fourth-order valence-electron chi connectivity index (χ4n) is 6.13. The van der Waals surface area contributed by atoms with Gasteiger partial charge in [-0.05, 0) is 74.8 Å². The molecule has 4 N–H and O–H groups in total. The van der Waals surface area contributed by atoms with Gasteiger partial charge in [-0.1, -0.05) is 13.8 Å². The third-order valence-corrected chi connectivity index (χ3v) is 9.80. The van der Waals surface area contributed by atoms with E-state index in [1.807, 2.05) is 13.8 Å². The molecule has 11 heteroatoms. The van der Waals surface area contributed by atoms with Gasteiger partial charge in [-0.25, -0.2) is 13.1 Å². The minimum absolute atomic E-state index is 0.0194. The van der Waals surface area contributed by atoms with Crippen molar-refractivity contribution in [3.8, 4) is 5.88 Å². The van der Waals surface area contributed by atoms with Crippen LogP contribution in [0.25, 0.3) is 0 Å². The molecular formula is C23H38N4O5S2. The summed E-state index contributed by atoms with van der Waals surface area (Å²) in [4.78, 5) is 13.8. The first-order valence-electron chi connectivity index (χ1n) is 12.3. The first-order chi connectivity index (χ1) is 16.0. The first kappa shape index (κ1) is 25.8. The number of amides is 1. The quantitative estimate of drug-likeness (QED) is 0.384. The Bertz CT molecular complexity index is 963. The van der Waals surface area contributed by atoms with Crippen molar-refractivity contribution in [2.45, 2.75) is 81.5 Å². The highest BCUT2D eigenvalue weighted by Crippen LogP contribution is 2.53. The molecule has 4 aliphatic rings. The Morgan fingerprint density at radius 3 is 2.38 bits per heavy atom. The molecule has 4 aliphatic carbocycles. The highest BCUT2D eigenvalue weighted by Gasteiger charge is 2.49. The van der Waals surface area contributed by atoms with Gasteiger partial charge in [0.15, 0.2) is 0 Å². The molecule has 192 valence electrons. The molecule has 4 fully saturated rings. The molecule has 4 bridgehead atoms. The second kappa shape index (κ2) is 9.99. The van der Waals surface area contributed by atoms with Crippen LogP contribution in [0.2, 0.25) is 0 Å². The van der Waals surface area contributed by atoms with Crippen LogP contribution in [0.1, 0.15) is 70.4 Å². The van der Waals surface area contributed by atoms with E-state index in [1.165, 1.54) is 43.9 Å². The maximum absolute atomic E-state index is 13.3. The average molecular weight is 515 g/mol. The van der Waals surface area contributed by atoms with Gasteiger partial charge in [-0.3, -0.25) is 4.79 Å². The van der Waals surface area contributed by atoms with Crippen LogP contribution >= 0.6 is 11.8 Å². The second-order valence-electron chi connectivity index (χ2n) is 11.1. The molecular weight excluding hydrogens is 476 g/mol. The molecule has 0 saturated heterocycles. The Morgan fingerprint density at radius 1 is 1.21 bits per heavy atom. The Labute approximate surface area is 206 Å². The highest BCUT2D eigenvalue weighted by molar-refractivity contribution is 8.00. The summed E-state index contributed by atoms with van der Waals surface area (Å²) in [7, 11) is -3.52. The van der Waals surface area contributed by atoms with Crippen LogP contribution in [0, 0.1) is 23.7 Å². The summed E-state index contributed by atoms with van der Waals surface area (Å²) in [5.41, 5.74) is 4.49. The van der Waals surface area contributed by atoms with E-state index < -0.39 is 15.6 Å². The average Bonchev–Trinajstić information content (AvgIpc) is 3.09. The van der Waals surface area contributed by atoms with E-state index in [1.54, 1.807) is 13.8 Å². The molecule has 0 atom stereocenters. The van der Waals surface area contributed by atoms with Crippen molar-refractivity contribution >= 4 is 27.7 Å². The molecule has 5 rings (SSSR count). The predicted octanol–water partition coefficient (Wildman–Crippen LogP) is 2.77. The Hall–Kier alpha value is -1.30. The zero-order valence-corrected chi connectivity index (χ0v) is 22.1. The summed E-state index contributed by atoms with van der Waals surface area (Å²) in [6, 6.07) is 0.197. The van der Waals surface area contributed by atoms with Crippen LogP contribution < -0.4 is 20.5 Å². The van der Waals surface area contributed by atoms with Crippen LogP contribution in [0.15, 0.2) is 9.42 Å². The summed E-state index contributed by atoms with van der Waals surface area (Å²) < 4.78 is 38.2. The van der Waals surface area contributed by atoms with Crippen LogP contribution in [0.4, 0.5) is 0 Å². The monoisotopic (exact) mass is 514 g/mol. The summed E-state index contributed by atoms with van der Waals surface area (Å²) in [6.07, 6.45) is 6.22. The summed E-state index contributed by atoms with van der Waals surface area (Å²) in [5.74, 6) is 2.75. The van der Waals surface area contributed by atoms with E-state index in [2.05, 4.69) is 15.2 Å². The number of rotatable bonds is 11. The number of ether oxygens (including phenoxy) is 1. The number of nitrogens with two attached hydrogens (primary N) is 1. The van der Waals surface area contributed by atoms with Crippen molar-refractivity contribution in [2.24, 2.45) is 29.4 Å². The smallest absolute Gasteiger partial charge is 0.291 e. The van der Waals surface area contributed by atoms with Gasteiger partial charge in [-0.2, -0.15) is 0 Å². The molecule has 0 radical (unpaired) electrons. The molecule has 1 amide bonds. The Balaban J connectivity index is 1.45. The van der Waals surface area contributed by atoms with Gasteiger partial charge < -0.3 is 20.3 Å². The van der Waals surface area contributed by atoms with E-state index in [4.69, 9.17) is 15.0 Å². The topological polar surface area (TPSA) is 137 Å². The molecule has 0 aliphatic heterocycles. The van der Waals surface area contributed by atoms with Crippen molar-refractivity contribution in [3.63, 3.8) is 0 Å². The normalized spacial score (nSPS) is 28.5. The first-order valence-corrected chi connectivity index (χ1v) is 14.8. The standard InChI is InChI=1S/C23H38N4O5S2/c1-13(2)33-20-19(21(28)25-18-16-8-14-7-15(10-16)11-17(18)9-14)32-26-22(20)31-12-23(3,4)27-34(29,30)6-5-24/h13-18,27H,5-12,24H2,1-4H3,(H,25,28). The number of carbonyl (C=O) groups excluding carboxylic acids is 1. The zero-order valence-electron chi connectivity index (χ0n) is 20.5. The Kier molecular flexibility index (Phi) is 7.57. The number of sulfonamides is 1. The Morgan fingerprint density at radius 2 is 1.82 bits per heavy atom. The number of aromatic nitrogens is 1. The van der Waals surface area contributed by atoms with Gasteiger partial charge in [0.25, 0.3) is 11.8 Å². The minimum Gasteiger partial charge on any atom is -0.473 e. The van der Waals surface area contributed by atoms with Crippen molar-refractivity contribution in [3.05, 3.63) is 5.76 Å². The molecule has 1 aromatic heterocycles. The number of nitrogens with one attached hydrogen (secondary N) is 2. The summed E-state index contributed by atoms with van der Waals surface area (Å²) in [5, 5.41) is 7.48. The van der Waals surface area contributed by atoms with Gasteiger partial charge >= 0.3 is 0 Å². The van der Waals surface area contributed by atoms with Gasteiger partial charge in [0.05, 0.1) is 11.3 Å². The van der Waals surface area contributed by atoms with Crippen molar-refractivity contribution in [1.82, 2.24) is 15.2 Å². The maximum Gasteiger partial charge on any atom is 0.291 e. The van der Waals surface area contributed by atoms with Crippen LogP contribution in [0.5, 0.6) is 5.88 Å². The highest BCUT2D eigenvalue weighted by atomic mass is 32.2. The molecule has 1 heterocycles. The molecule has 0 unspecified atom stereocenters. The fourth-order valence-corrected chi connectivity index (χ4v) is 8.35. The molecule has 0 spiro atoms. The number of hydrogen-bond acceptors (Lipinski definition) is 8.